The molecule has 0 aliphatic rings. The first-order valence-corrected chi connectivity index (χ1v) is 5.27. The Hall–Kier alpha value is -1.49. The van der Waals surface area contributed by atoms with Crippen molar-refractivity contribution in [2.24, 2.45) is 0 Å². The quantitative estimate of drug-likeness (QED) is 0.751. The molecule has 0 bridgehead atoms. The molecule has 0 saturated carbocycles. The largest absolute Gasteiger partial charge is 0.496 e. The molecule has 0 aromatic heterocycles. The molecule has 0 fully saturated rings. The first-order chi connectivity index (χ1) is 7.22. The summed E-state index contributed by atoms with van der Waals surface area (Å²) in [6, 6.07) is 8.32. The van der Waals surface area contributed by atoms with E-state index < -0.39 is 0 Å². The highest BCUT2D eigenvalue weighted by Gasteiger charge is 2.14. The summed E-state index contributed by atoms with van der Waals surface area (Å²) in [5, 5.41) is 9.12. The van der Waals surface area contributed by atoms with E-state index in [0.717, 1.165) is 24.2 Å². The number of rotatable bonds is 4. The second kappa shape index (κ2) is 5.41. The zero-order valence-corrected chi connectivity index (χ0v) is 9.58. The lowest BCUT2D eigenvalue weighted by atomic mass is 9.94. The molecule has 0 saturated heterocycles. The van der Waals surface area contributed by atoms with Crippen LogP contribution in [-0.2, 0) is 0 Å². The van der Waals surface area contributed by atoms with Crippen LogP contribution in [0.5, 0.6) is 5.75 Å². The maximum atomic E-state index is 9.12. The van der Waals surface area contributed by atoms with Crippen LogP contribution in [-0.4, -0.2) is 7.11 Å². The lowest BCUT2D eigenvalue weighted by Crippen LogP contribution is -1.99. The van der Waals surface area contributed by atoms with E-state index in [1.807, 2.05) is 25.1 Å². The van der Waals surface area contributed by atoms with Crippen molar-refractivity contribution in [2.45, 2.75) is 32.6 Å². The zero-order valence-electron chi connectivity index (χ0n) is 9.58. The third-order valence-corrected chi connectivity index (χ3v) is 2.49. The molecular weight excluding hydrogens is 186 g/mol. The van der Waals surface area contributed by atoms with Gasteiger partial charge in [-0.05, 0) is 19.4 Å². The van der Waals surface area contributed by atoms with Gasteiger partial charge in [-0.3, -0.25) is 0 Å². The summed E-state index contributed by atoms with van der Waals surface area (Å²) in [6.45, 7) is 4.12. The highest BCUT2D eigenvalue weighted by atomic mass is 16.5. The molecule has 0 spiro atoms. The molecule has 0 radical (unpaired) electrons. The van der Waals surface area contributed by atoms with Gasteiger partial charge in [0.25, 0.3) is 0 Å². The molecule has 0 aliphatic carbocycles. The van der Waals surface area contributed by atoms with Crippen LogP contribution in [0.4, 0.5) is 0 Å². The molecular formula is C13H17NO. The Balaban J connectivity index is 3.09. The predicted molar refractivity (Wildman–Crippen MR) is 61.0 cm³/mol. The summed E-state index contributed by atoms with van der Waals surface area (Å²) < 4.78 is 5.28. The van der Waals surface area contributed by atoms with Gasteiger partial charge in [0.2, 0.25) is 0 Å². The van der Waals surface area contributed by atoms with Crippen LogP contribution in [0.1, 0.15) is 36.8 Å². The summed E-state index contributed by atoms with van der Waals surface area (Å²) >= 11 is 0. The van der Waals surface area contributed by atoms with Gasteiger partial charge in [0.05, 0.1) is 19.1 Å². The minimum Gasteiger partial charge on any atom is -0.496 e. The Bertz CT molecular complexity index is 365. The van der Waals surface area contributed by atoms with Crippen molar-refractivity contribution in [3.63, 3.8) is 0 Å². The number of nitriles is 1. The second-order valence-electron chi connectivity index (χ2n) is 3.72. The molecule has 0 aliphatic heterocycles. The van der Waals surface area contributed by atoms with Gasteiger partial charge in [-0.15, -0.1) is 0 Å². The minimum absolute atomic E-state index is 0.0511. The van der Waals surface area contributed by atoms with Gasteiger partial charge >= 0.3 is 0 Å². The Labute approximate surface area is 91.5 Å². The van der Waals surface area contributed by atoms with E-state index in [4.69, 9.17) is 10.00 Å². The third kappa shape index (κ3) is 2.73. The Morgan fingerprint density at radius 2 is 2.20 bits per heavy atom. The molecule has 2 heteroatoms. The topological polar surface area (TPSA) is 33.0 Å². The monoisotopic (exact) mass is 203 g/mol. The van der Waals surface area contributed by atoms with Gasteiger partial charge in [0.1, 0.15) is 5.75 Å². The van der Waals surface area contributed by atoms with E-state index in [1.54, 1.807) is 7.11 Å². The smallest absolute Gasteiger partial charge is 0.123 e. The molecule has 1 aromatic carbocycles. The molecule has 0 heterocycles. The van der Waals surface area contributed by atoms with Gasteiger partial charge in [-0.25, -0.2) is 0 Å². The van der Waals surface area contributed by atoms with Gasteiger partial charge in [-0.1, -0.05) is 31.0 Å². The van der Waals surface area contributed by atoms with Gasteiger partial charge in [0.15, 0.2) is 0 Å². The standard InChI is InChI=1S/C13H17NO/c1-4-5-11(9-14)12-8-10(2)6-7-13(12)15-3/h6-8,11H,4-5H2,1-3H3. The molecule has 2 nitrogen and oxygen atoms in total. The third-order valence-electron chi connectivity index (χ3n) is 2.49. The lowest BCUT2D eigenvalue weighted by Gasteiger charge is -2.13. The number of methoxy groups -OCH3 is 1. The van der Waals surface area contributed by atoms with Crippen LogP contribution in [0, 0.1) is 18.3 Å². The van der Waals surface area contributed by atoms with Crippen molar-refractivity contribution in [3.05, 3.63) is 29.3 Å². The maximum Gasteiger partial charge on any atom is 0.123 e. The first-order valence-electron chi connectivity index (χ1n) is 5.27. The summed E-state index contributed by atoms with van der Waals surface area (Å²) in [4.78, 5) is 0. The van der Waals surface area contributed by atoms with E-state index >= 15 is 0 Å². The van der Waals surface area contributed by atoms with Crippen LogP contribution >= 0.6 is 0 Å². The zero-order chi connectivity index (χ0) is 11.3. The van der Waals surface area contributed by atoms with Crippen LogP contribution in [0.3, 0.4) is 0 Å². The normalized spacial score (nSPS) is 11.9. The number of nitrogens with zero attached hydrogens (tertiary/aromatic N) is 1. The Morgan fingerprint density at radius 1 is 1.47 bits per heavy atom. The van der Waals surface area contributed by atoms with E-state index in [9.17, 15) is 0 Å². The van der Waals surface area contributed by atoms with Gasteiger partial charge in [0, 0.05) is 5.56 Å². The number of hydrogen-bond acceptors (Lipinski definition) is 2. The van der Waals surface area contributed by atoms with Crippen molar-refractivity contribution in [2.75, 3.05) is 7.11 Å². The molecule has 1 rings (SSSR count). The SMILES string of the molecule is CCCC(C#N)c1cc(C)ccc1OC. The number of benzene rings is 1. The molecule has 0 amide bonds. The second-order valence-corrected chi connectivity index (χ2v) is 3.72. The Morgan fingerprint density at radius 3 is 2.73 bits per heavy atom. The first kappa shape index (κ1) is 11.6. The number of ether oxygens (including phenoxy) is 1. The van der Waals surface area contributed by atoms with Crippen LogP contribution in [0.15, 0.2) is 18.2 Å². The minimum atomic E-state index is -0.0511. The van der Waals surface area contributed by atoms with E-state index in [0.29, 0.717) is 0 Å². The average Bonchev–Trinajstić information content (AvgIpc) is 2.26. The van der Waals surface area contributed by atoms with Crippen molar-refractivity contribution in [1.82, 2.24) is 0 Å². The summed E-state index contributed by atoms with van der Waals surface area (Å²) in [6.07, 6.45) is 1.89. The molecule has 80 valence electrons. The van der Waals surface area contributed by atoms with Gasteiger partial charge < -0.3 is 4.74 Å². The fourth-order valence-corrected chi connectivity index (χ4v) is 1.70. The molecule has 15 heavy (non-hydrogen) atoms. The van der Waals surface area contributed by atoms with Gasteiger partial charge in [-0.2, -0.15) is 5.26 Å². The predicted octanol–water partition coefficient (Wildman–Crippen LogP) is 3.41. The van der Waals surface area contributed by atoms with E-state index in [2.05, 4.69) is 13.0 Å². The van der Waals surface area contributed by atoms with Crippen LogP contribution in [0.2, 0.25) is 0 Å². The summed E-state index contributed by atoms with van der Waals surface area (Å²) in [5.74, 6) is 0.769. The van der Waals surface area contributed by atoms with E-state index in [-0.39, 0.29) is 5.92 Å². The van der Waals surface area contributed by atoms with Crippen LogP contribution in [0.25, 0.3) is 0 Å². The summed E-state index contributed by atoms with van der Waals surface area (Å²) in [7, 11) is 1.65. The number of hydrogen-bond donors (Lipinski definition) is 0. The van der Waals surface area contributed by atoms with Crippen molar-refractivity contribution >= 4 is 0 Å². The Kier molecular flexibility index (Phi) is 4.17. The molecule has 0 N–H and O–H groups in total. The average molecular weight is 203 g/mol. The molecule has 1 unspecified atom stereocenters. The van der Waals surface area contributed by atoms with Crippen molar-refractivity contribution in [3.8, 4) is 11.8 Å². The van der Waals surface area contributed by atoms with Crippen molar-refractivity contribution in [1.29, 1.82) is 5.26 Å². The lowest BCUT2D eigenvalue weighted by molar-refractivity contribution is 0.407. The number of aryl methyl sites for hydroxylation is 1. The summed E-state index contributed by atoms with van der Waals surface area (Å²) in [5.41, 5.74) is 2.18. The fraction of sp³-hybridized carbons (Fsp3) is 0.462. The van der Waals surface area contributed by atoms with Crippen LogP contribution < -0.4 is 4.74 Å². The highest BCUT2D eigenvalue weighted by molar-refractivity contribution is 5.41. The molecule has 1 aromatic rings. The fourth-order valence-electron chi connectivity index (χ4n) is 1.70. The van der Waals surface area contributed by atoms with Crippen molar-refractivity contribution < 1.29 is 4.74 Å². The molecule has 1 atom stereocenters. The highest BCUT2D eigenvalue weighted by Crippen LogP contribution is 2.30. The van der Waals surface area contributed by atoms with E-state index in [1.165, 1.54) is 5.56 Å². The maximum absolute atomic E-state index is 9.12.